The number of furan rings is 1. The molecule has 0 radical (unpaired) electrons. The number of benzene rings is 2. The van der Waals surface area contributed by atoms with E-state index in [1.54, 1.807) is 24.1 Å². The summed E-state index contributed by atoms with van der Waals surface area (Å²) in [6.45, 7) is 3.89. The minimum Gasteiger partial charge on any atom is -0.497 e. The van der Waals surface area contributed by atoms with Gasteiger partial charge in [-0.15, -0.1) is 0 Å². The molecule has 1 aliphatic rings. The Bertz CT molecular complexity index is 1100. The second-order valence-corrected chi connectivity index (χ2v) is 8.56. The van der Waals surface area contributed by atoms with Gasteiger partial charge in [0.1, 0.15) is 11.8 Å². The Hall–Kier alpha value is -3.54. The molecule has 0 spiro atoms. The number of nitrogens with one attached hydrogen (secondary N) is 1. The van der Waals surface area contributed by atoms with Crippen molar-refractivity contribution >= 4 is 17.5 Å². The number of methoxy groups -OCH3 is 1. The summed E-state index contributed by atoms with van der Waals surface area (Å²) in [7, 11) is 1.59. The average Bonchev–Trinajstić information content (AvgIpc) is 3.52. The average molecular weight is 447 g/mol. The molecule has 6 nitrogen and oxygen atoms in total. The molecule has 1 saturated carbocycles. The Labute approximate surface area is 194 Å². The number of aryl methyl sites for hydroxylation is 2. The largest absolute Gasteiger partial charge is 0.497 e. The summed E-state index contributed by atoms with van der Waals surface area (Å²) in [4.78, 5) is 29.2. The molecule has 2 aromatic carbocycles. The van der Waals surface area contributed by atoms with Crippen LogP contribution in [0, 0.1) is 13.8 Å². The second kappa shape index (κ2) is 9.94. The van der Waals surface area contributed by atoms with Gasteiger partial charge in [0, 0.05) is 6.04 Å². The van der Waals surface area contributed by atoms with Crippen LogP contribution in [0.5, 0.6) is 5.75 Å². The van der Waals surface area contributed by atoms with Crippen molar-refractivity contribution in [2.75, 3.05) is 12.0 Å². The van der Waals surface area contributed by atoms with Crippen molar-refractivity contribution in [3.05, 3.63) is 83.3 Å². The molecule has 33 heavy (non-hydrogen) atoms. The van der Waals surface area contributed by atoms with Crippen molar-refractivity contribution in [1.82, 2.24) is 5.32 Å². The SMILES string of the molecule is COc1cccc([C@@H](C(=O)NC2CCCC2)N(C(=O)c2ccco2)c2c(C)cccc2C)c1. The zero-order valence-electron chi connectivity index (χ0n) is 19.3. The maximum atomic E-state index is 13.8. The molecule has 2 amide bonds. The lowest BCUT2D eigenvalue weighted by atomic mass is 9.99. The summed E-state index contributed by atoms with van der Waals surface area (Å²) in [5, 5.41) is 3.20. The molecule has 3 aromatic rings. The number of rotatable bonds is 7. The molecule has 0 saturated heterocycles. The Morgan fingerprint density at radius 2 is 1.73 bits per heavy atom. The van der Waals surface area contributed by atoms with Crippen molar-refractivity contribution in [1.29, 1.82) is 0 Å². The number of amides is 2. The fourth-order valence-corrected chi connectivity index (χ4v) is 4.63. The van der Waals surface area contributed by atoms with E-state index in [-0.39, 0.29) is 23.6 Å². The van der Waals surface area contributed by atoms with E-state index in [0.29, 0.717) is 17.0 Å². The topological polar surface area (TPSA) is 71.8 Å². The van der Waals surface area contributed by atoms with Gasteiger partial charge in [-0.1, -0.05) is 43.2 Å². The molecule has 6 heteroatoms. The molecule has 0 unspecified atom stereocenters. The van der Waals surface area contributed by atoms with Crippen molar-refractivity contribution in [3.63, 3.8) is 0 Å². The third kappa shape index (κ3) is 4.80. The third-order valence-corrected chi connectivity index (χ3v) is 6.25. The zero-order valence-corrected chi connectivity index (χ0v) is 19.3. The van der Waals surface area contributed by atoms with Crippen molar-refractivity contribution in [2.24, 2.45) is 0 Å². The van der Waals surface area contributed by atoms with E-state index in [1.165, 1.54) is 6.26 Å². The Kier molecular flexibility index (Phi) is 6.82. The van der Waals surface area contributed by atoms with Crippen LogP contribution in [0.25, 0.3) is 0 Å². The lowest BCUT2D eigenvalue weighted by Crippen LogP contribution is -2.46. The quantitative estimate of drug-likeness (QED) is 0.531. The lowest BCUT2D eigenvalue weighted by molar-refractivity contribution is -0.123. The van der Waals surface area contributed by atoms with Gasteiger partial charge >= 0.3 is 0 Å². The van der Waals surface area contributed by atoms with Crippen LogP contribution in [-0.2, 0) is 4.79 Å². The van der Waals surface area contributed by atoms with Gasteiger partial charge in [0.2, 0.25) is 5.91 Å². The normalized spacial score (nSPS) is 14.6. The summed E-state index contributed by atoms with van der Waals surface area (Å²) in [5.74, 6) is 0.224. The van der Waals surface area contributed by atoms with Crippen molar-refractivity contribution in [2.45, 2.75) is 51.6 Å². The Morgan fingerprint density at radius 1 is 1.03 bits per heavy atom. The van der Waals surface area contributed by atoms with E-state index in [0.717, 1.165) is 36.8 Å². The number of nitrogens with zero attached hydrogens (tertiary/aromatic N) is 1. The Balaban J connectivity index is 1.88. The van der Waals surface area contributed by atoms with E-state index in [4.69, 9.17) is 9.15 Å². The molecule has 0 bridgehead atoms. The summed E-state index contributed by atoms with van der Waals surface area (Å²) < 4.78 is 10.9. The first-order valence-electron chi connectivity index (χ1n) is 11.4. The highest BCUT2D eigenvalue weighted by atomic mass is 16.5. The molecular formula is C27H30N2O4. The number of carbonyl (C=O) groups is 2. The summed E-state index contributed by atoms with van der Waals surface area (Å²) in [6, 6.07) is 15.7. The van der Waals surface area contributed by atoms with Crippen LogP contribution in [0.1, 0.15) is 59.0 Å². The monoisotopic (exact) mass is 446 g/mol. The molecule has 4 rings (SSSR count). The second-order valence-electron chi connectivity index (χ2n) is 8.56. The van der Waals surface area contributed by atoms with Gasteiger partial charge in [0.05, 0.1) is 19.1 Å². The van der Waals surface area contributed by atoms with Crippen LogP contribution in [-0.4, -0.2) is 25.0 Å². The van der Waals surface area contributed by atoms with Crippen LogP contribution in [0.2, 0.25) is 0 Å². The van der Waals surface area contributed by atoms with E-state index < -0.39 is 6.04 Å². The number of anilines is 1. The van der Waals surface area contributed by atoms with Crippen molar-refractivity contribution in [3.8, 4) is 5.75 Å². The number of ether oxygens (including phenoxy) is 1. The third-order valence-electron chi connectivity index (χ3n) is 6.25. The number of para-hydroxylation sites is 1. The zero-order chi connectivity index (χ0) is 23.4. The van der Waals surface area contributed by atoms with E-state index in [1.807, 2.05) is 56.3 Å². The molecular weight excluding hydrogens is 416 g/mol. The smallest absolute Gasteiger partial charge is 0.294 e. The van der Waals surface area contributed by atoms with Gasteiger partial charge < -0.3 is 14.5 Å². The van der Waals surface area contributed by atoms with Gasteiger partial charge in [0.15, 0.2) is 5.76 Å². The minimum atomic E-state index is -0.891. The molecule has 172 valence electrons. The number of carbonyl (C=O) groups excluding carboxylic acids is 2. The molecule has 1 aliphatic carbocycles. The van der Waals surface area contributed by atoms with E-state index in [9.17, 15) is 9.59 Å². The van der Waals surface area contributed by atoms with Crippen LogP contribution in [0.15, 0.2) is 65.3 Å². The predicted octanol–water partition coefficient (Wildman–Crippen LogP) is 5.35. The highest BCUT2D eigenvalue weighted by Crippen LogP contribution is 2.36. The summed E-state index contributed by atoms with van der Waals surface area (Å²) >= 11 is 0. The maximum absolute atomic E-state index is 13.8. The molecule has 1 heterocycles. The van der Waals surface area contributed by atoms with E-state index >= 15 is 0 Å². The first-order valence-corrected chi connectivity index (χ1v) is 11.4. The minimum absolute atomic E-state index is 0.115. The fourth-order valence-electron chi connectivity index (χ4n) is 4.63. The van der Waals surface area contributed by atoms with Crippen LogP contribution in [0.3, 0.4) is 0 Å². The molecule has 0 aliphatic heterocycles. The summed E-state index contributed by atoms with van der Waals surface area (Å²) in [6.07, 6.45) is 5.56. The lowest BCUT2D eigenvalue weighted by Gasteiger charge is -2.34. The molecule has 1 atom stereocenters. The predicted molar refractivity (Wildman–Crippen MR) is 128 cm³/mol. The van der Waals surface area contributed by atoms with Crippen LogP contribution < -0.4 is 15.0 Å². The summed E-state index contributed by atoms with van der Waals surface area (Å²) in [5.41, 5.74) is 3.17. The standard InChI is InChI=1S/C27H30N2O4/c1-18-9-6-10-19(2)24(18)29(27(31)23-15-8-16-33-23)25(20-11-7-14-22(17-20)32-3)26(30)28-21-12-4-5-13-21/h6-11,14-17,21,25H,4-5,12-13H2,1-3H3,(H,28,30)/t25-/m0/s1. The fraction of sp³-hybridized carbons (Fsp3) is 0.333. The van der Waals surface area contributed by atoms with Gasteiger partial charge in [-0.25, -0.2) is 0 Å². The van der Waals surface area contributed by atoms with Gasteiger partial charge in [-0.3, -0.25) is 14.5 Å². The van der Waals surface area contributed by atoms with Crippen LogP contribution >= 0.6 is 0 Å². The highest BCUT2D eigenvalue weighted by molar-refractivity contribution is 6.09. The van der Waals surface area contributed by atoms with Gasteiger partial charge in [0.25, 0.3) is 5.91 Å². The van der Waals surface area contributed by atoms with Gasteiger partial charge in [-0.2, -0.15) is 0 Å². The number of hydrogen-bond donors (Lipinski definition) is 1. The Morgan fingerprint density at radius 3 is 2.36 bits per heavy atom. The highest BCUT2D eigenvalue weighted by Gasteiger charge is 2.37. The van der Waals surface area contributed by atoms with Crippen LogP contribution in [0.4, 0.5) is 5.69 Å². The maximum Gasteiger partial charge on any atom is 0.294 e. The molecule has 1 N–H and O–H groups in total. The number of hydrogen-bond acceptors (Lipinski definition) is 4. The van der Waals surface area contributed by atoms with Crippen molar-refractivity contribution < 1.29 is 18.7 Å². The first-order chi connectivity index (χ1) is 16.0. The van der Waals surface area contributed by atoms with Gasteiger partial charge in [-0.05, 0) is 67.6 Å². The molecule has 1 fully saturated rings. The first kappa shape index (κ1) is 22.6. The molecule has 1 aromatic heterocycles. The van der Waals surface area contributed by atoms with E-state index in [2.05, 4.69) is 5.32 Å².